The van der Waals surface area contributed by atoms with Gasteiger partial charge in [0, 0.05) is 6.04 Å². The fourth-order valence-corrected chi connectivity index (χ4v) is 0.912. The summed E-state index contributed by atoms with van der Waals surface area (Å²) >= 11 is 4.87. The standard InChI is InChI=1S/C7H15NOS/c1-5(2)8-7(10)9-6(3)4/h5-6H,1-4H3,(H,8,10). The Hall–Kier alpha value is -0.310. The van der Waals surface area contributed by atoms with E-state index in [0.717, 1.165) is 0 Å². The van der Waals surface area contributed by atoms with E-state index in [9.17, 15) is 0 Å². The van der Waals surface area contributed by atoms with Crippen molar-refractivity contribution in [2.75, 3.05) is 0 Å². The highest BCUT2D eigenvalue weighted by molar-refractivity contribution is 7.80. The third-order valence-electron chi connectivity index (χ3n) is 0.749. The van der Waals surface area contributed by atoms with Crippen molar-refractivity contribution in [1.82, 2.24) is 5.32 Å². The van der Waals surface area contributed by atoms with Crippen molar-refractivity contribution in [2.45, 2.75) is 39.8 Å². The molecular formula is C7H15NOS. The molecule has 0 aliphatic rings. The van der Waals surface area contributed by atoms with Crippen molar-refractivity contribution >= 4 is 17.4 Å². The van der Waals surface area contributed by atoms with Crippen molar-refractivity contribution in [3.8, 4) is 0 Å². The molecule has 0 saturated heterocycles. The lowest BCUT2D eigenvalue weighted by atomic mass is 10.4. The zero-order chi connectivity index (χ0) is 8.15. The molecule has 1 N–H and O–H groups in total. The first-order valence-corrected chi connectivity index (χ1v) is 3.90. The van der Waals surface area contributed by atoms with Crippen LogP contribution in [0.3, 0.4) is 0 Å². The van der Waals surface area contributed by atoms with E-state index in [-0.39, 0.29) is 6.10 Å². The fourth-order valence-electron chi connectivity index (χ4n) is 0.484. The van der Waals surface area contributed by atoms with Gasteiger partial charge in [-0.05, 0) is 39.9 Å². The molecule has 60 valence electrons. The van der Waals surface area contributed by atoms with Crippen LogP contribution in [0.1, 0.15) is 27.7 Å². The molecule has 0 unspecified atom stereocenters. The number of hydrogen-bond acceptors (Lipinski definition) is 2. The van der Waals surface area contributed by atoms with Crippen LogP contribution in [0.5, 0.6) is 0 Å². The van der Waals surface area contributed by atoms with Gasteiger partial charge in [-0.25, -0.2) is 0 Å². The van der Waals surface area contributed by atoms with Crippen molar-refractivity contribution in [1.29, 1.82) is 0 Å². The maximum atomic E-state index is 5.18. The molecule has 0 aliphatic heterocycles. The Balaban J connectivity index is 3.44. The minimum Gasteiger partial charge on any atom is -0.468 e. The van der Waals surface area contributed by atoms with Crippen molar-refractivity contribution in [2.24, 2.45) is 0 Å². The molecule has 3 heteroatoms. The number of ether oxygens (including phenoxy) is 1. The molecule has 0 aromatic rings. The second-order valence-corrected chi connectivity index (χ2v) is 3.12. The van der Waals surface area contributed by atoms with Crippen molar-refractivity contribution in [3.63, 3.8) is 0 Å². The van der Waals surface area contributed by atoms with Gasteiger partial charge in [0.1, 0.15) is 0 Å². The smallest absolute Gasteiger partial charge is 0.257 e. The van der Waals surface area contributed by atoms with Crippen LogP contribution in [0.2, 0.25) is 0 Å². The van der Waals surface area contributed by atoms with Gasteiger partial charge in [0.05, 0.1) is 6.10 Å². The Labute approximate surface area is 68.0 Å². The van der Waals surface area contributed by atoms with E-state index < -0.39 is 0 Å². The summed E-state index contributed by atoms with van der Waals surface area (Å²) in [4.78, 5) is 0. The second-order valence-electron chi connectivity index (χ2n) is 2.75. The topological polar surface area (TPSA) is 21.3 Å². The van der Waals surface area contributed by atoms with Crippen LogP contribution in [0.15, 0.2) is 0 Å². The van der Waals surface area contributed by atoms with Crippen LogP contribution in [0, 0.1) is 0 Å². The summed E-state index contributed by atoms with van der Waals surface area (Å²) in [5.74, 6) is 0. The van der Waals surface area contributed by atoms with Crippen LogP contribution >= 0.6 is 12.2 Å². The van der Waals surface area contributed by atoms with Crippen molar-refractivity contribution < 1.29 is 4.74 Å². The highest BCUT2D eigenvalue weighted by Crippen LogP contribution is 1.89. The molecule has 0 aromatic carbocycles. The zero-order valence-corrected chi connectivity index (χ0v) is 7.79. The van der Waals surface area contributed by atoms with Gasteiger partial charge in [0.25, 0.3) is 5.17 Å². The second kappa shape index (κ2) is 4.50. The number of hydrogen-bond donors (Lipinski definition) is 1. The molecule has 0 spiro atoms. The minimum absolute atomic E-state index is 0.166. The maximum absolute atomic E-state index is 5.18. The molecule has 0 heterocycles. The summed E-state index contributed by atoms with van der Waals surface area (Å²) < 4.78 is 5.18. The van der Waals surface area contributed by atoms with E-state index in [0.29, 0.717) is 11.2 Å². The van der Waals surface area contributed by atoms with Crippen molar-refractivity contribution in [3.05, 3.63) is 0 Å². The lowest BCUT2D eigenvalue weighted by molar-refractivity contribution is 0.222. The van der Waals surface area contributed by atoms with Crippen LogP contribution < -0.4 is 5.32 Å². The first-order chi connectivity index (χ1) is 4.52. The predicted octanol–water partition coefficient (Wildman–Crippen LogP) is 1.69. The average Bonchev–Trinajstić information content (AvgIpc) is 1.58. The maximum Gasteiger partial charge on any atom is 0.257 e. The molecule has 10 heavy (non-hydrogen) atoms. The summed E-state index contributed by atoms with van der Waals surface area (Å²) in [5, 5.41) is 3.47. The van der Waals surface area contributed by atoms with Gasteiger partial charge in [0.2, 0.25) is 0 Å². The highest BCUT2D eigenvalue weighted by atomic mass is 32.1. The fraction of sp³-hybridized carbons (Fsp3) is 0.857. The highest BCUT2D eigenvalue weighted by Gasteiger charge is 2.00. The molecule has 0 aromatic heterocycles. The van der Waals surface area contributed by atoms with Gasteiger partial charge in [-0.3, -0.25) is 0 Å². The number of nitrogens with one attached hydrogen (secondary N) is 1. The van der Waals surface area contributed by atoms with Gasteiger partial charge >= 0.3 is 0 Å². The van der Waals surface area contributed by atoms with Crippen LogP contribution in [-0.4, -0.2) is 17.3 Å². The third kappa shape index (κ3) is 5.82. The van der Waals surface area contributed by atoms with Gasteiger partial charge in [-0.15, -0.1) is 0 Å². The summed E-state index contributed by atoms with van der Waals surface area (Å²) in [6, 6.07) is 0.353. The van der Waals surface area contributed by atoms with Crippen LogP contribution in [-0.2, 0) is 4.74 Å². The molecule has 0 bridgehead atoms. The van der Waals surface area contributed by atoms with Crippen LogP contribution in [0.4, 0.5) is 0 Å². The molecule has 0 radical (unpaired) electrons. The molecule has 0 atom stereocenters. The van der Waals surface area contributed by atoms with E-state index in [1.807, 2.05) is 27.7 Å². The number of thiocarbonyl (C=S) groups is 1. The van der Waals surface area contributed by atoms with Gasteiger partial charge < -0.3 is 10.1 Å². The molecule has 0 fully saturated rings. The Kier molecular flexibility index (Phi) is 4.36. The largest absolute Gasteiger partial charge is 0.468 e. The van der Waals surface area contributed by atoms with Gasteiger partial charge in [-0.2, -0.15) is 0 Å². The summed E-state index contributed by atoms with van der Waals surface area (Å²) in [7, 11) is 0. The Bertz CT molecular complexity index is 100. The molecule has 0 aliphatic carbocycles. The third-order valence-corrected chi connectivity index (χ3v) is 0.963. The lowest BCUT2D eigenvalue weighted by Crippen LogP contribution is -2.32. The Morgan fingerprint density at radius 1 is 1.30 bits per heavy atom. The average molecular weight is 161 g/mol. The normalized spacial score (nSPS) is 10.2. The summed E-state index contributed by atoms with van der Waals surface area (Å²) in [6.45, 7) is 7.95. The summed E-state index contributed by atoms with van der Waals surface area (Å²) in [6.07, 6.45) is 0.166. The van der Waals surface area contributed by atoms with E-state index in [1.165, 1.54) is 0 Å². The Morgan fingerprint density at radius 3 is 2.10 bits per heavy atom. The Morgan fingerprint density at radius 2 is 1.80 bits per heavy atom. The first-order valence-electron chi connectivity index (χ1n) is 3.49. The molecule has 0 saturated carbocycles. The van der Waals surface area contributed by atoms with Gasteiger partial charge in [-0.1, -0.05) is 0 Å². The van der Waals surface area contributed by atoms with E-state index in [4.69, 9.17) is 17.0 Å². The molecule has 0 amide bonds. The molecule has 2 nitrogen and oxygen atoms in total. The van der Waals surface area contributed by atoms with Crippen LogP contribution in [0.25, 0.3) is 0 Å². The monoisotopic (exact) mass is 161 g/mol. The van der Waals surface area contributed by atoms with E-state index in [2.05, 4.69) is 5.32 Å². The molecule has 0 rings (SSSR count). The quantitative estimate of drug-likeness (QED) is 0.623. The summed E-state index contributed by atoms with van der Waals surface area (Å²) in [5.41, 5.74) is 0. The number of rotatable bonds is 2. The molecular weight excluding hydrogens is 146 g/mol. The van der Waals surface area contributed by atoms with Gasteiger partial charge in [0.15, 0.2) is 0 Å². The van der Waals surface area contributed by atoms with E-state index >= 15 is 0 Å². The predicted molar refractivity (Wildman–Crippen MR) is 47.1 cm³/mol. The van der Waals surface area contributed by atoms with E-state index in [1.54, 1.807) is 0 Å². The minimum atomic E-state index is 0.166. The first kappa shape index (κ1) is 9.69. The zero-order valence-electron chi connectivity index (χ0n) is 6.97. The lowest BCUT2D eigenvalue weighted by Gasteiger charge is -2.14. The SMILES string of the molecule is CC(C)NC(=S)OC(C)C.